The molecule has 1 amide bonds. The highest BCUT2D eigenvalue weighted by Crippen LogP contribution is 2.69. The van der Waals surface area contributed by atoms with Gasteiger partial charge in [0.2, 0.25) is 5.91 Å². The summed E-state index contributed by atoms with van der Waals surface area (Å²) in [6, 6.07) is 0. The number of primary amides is 1. The van der Waals surface area contributed by atoms with Crippen molar-refractivity contribution in [2.24, 2.45) is 28.4 Å². The van der Waals surface area contributed by atoms with Crippen molar-refractivity contribution in [2.45, 2.75) is 40.0 Å². The minimum absolute atomic E-state index is 0.0686. The monoisotopic (exact) mass is 181 g/mol. The molecule has 3 rings (SSSR count). The summed E-state index contributed by atoms with van der Waals surface area (Å²) >= 11 is 0. The predicted octanol–water partition coefficient (Wildman–Crippen LogP) is 1.93. The van der Waals surface area contributed by atoms with Crippen LogP contribution in [0.4, 0.5) is 0 Å². The van der Waals surface area contributed by atoms with Crippen molar-refractivity contribution >= 4 is 5.91 Å². The quantitative estimate of drug-likeness (QED) is 0.660. The van der Waals surface area contributed by atoms with E-state index in [9.17, 15) is 4.79 Å². The van der Waals surface area contributed by atoms with Crippen molar-refractivity contribution in [3.05, 3.63) is 0 Å². The van der Waals surface area contributed by atoms with Gasteiger partial charge in [-0.05, 0) is 36.5 Å². The second kappa shape index (κ2) is 2.28. The highest BCUT2D eigenvalue weighted by atomic mass is 16.1. The average molecular weight is 181 g/mol. The van der Waals surface area contributed by atoms with Gasteiger partial charge in [0.15, 0.2) is 0 Å². The standard InChI is InChI=1S/C11H19NO/c1-7-4-5-8-6-11(7,9(12)13)10(8,2)3/h7-8H,4-6H2,1-3H3,(H2,12,13). The van der Waals surface area contributed by atoms with Crippen LogP contribution in [0.1, 0.15) is 40.0 Å². The molecule has 0 aromatic rings. The van der Waals surface area contributed by atoms with Crippen molar-refractivity contribution in [2.75, 3.05) is 0 Å². The lowest BCUT2D eigenvalue weighted by Gasteiger charge is -2.66. The first-order valence-electron chi connectivity index (χ1n) is 5.23. The fourth-order valence-electron chi connectivity index (χ4n) is 3.80. The summed E-state index contributed by atoms with van der Waals surface area (Å²) < 4.78 is 0. The Bertz CT molecular complexity index is 259. The number of amides is 1. The summed E-state index contributed by atoms with van der Waals surface area (Å²) in [6.45, 7) is 6.60. The van der Waals surface area contributed by atoms with Crippen LogP contribution in [-0.4, -0.2) is 5.91 Å². The summed E-state index contributed by atoms with van der Waals surface area (Å²) in [5, 5.41) is 0. The molecule has 3 aliphatic carbocycles. The van der Waals surface area contributed by atoms with E-state index in [4.69, 9.17) is 5.73 Å². The van der Waals surface area contributed by atoms with Crippen LogP contribution in [0.15, 0.2) is 0 Å². The SMILES string of the molecule is CC1CCC2CC1(C(N)=O)C2(C)C. The molecule has 0 heterocycles. The summed E-state index contributed by atoms with van der Waals surface area (Å²) in [6.07, 6.45) is 3.50. The Hall–Kier alpha value is -0.530. The molecule has 3 atom stereocenters. The van der Waals surface area contributed by atoms with Gasteiger partial charge in [-0.1, -0.05) is 20.8 Å². The zero-order valence-corrected chi connectivity index (χ0v) is 8.76. The van der Waals surface area contributed by atoms with E-state index in [0.29, 0.717) is 5.92 Å². The van der Waals surface area contributed by atoms with E-state index in [0.717, 1.165) is 12.3 Å². The molecule has 74 valence electrons. The highest BCUT2D eigenvalue weighted by molar-refractivity contribution is 5.83. The molecule has 3 fully saturated rings. The van der Waals surface area contributed by atoms with Crippen LogP contribution in [0.2, 0.25) is 0 Å². The molecule has 2 nitrogen and oxygen atoms in total. The van der Waals surface area contributed by atoms with Gasteiger partial charge < -0.3 is 5.73 Å². The van der Waals surface area contributed by atoms with Crippen LogP contribution in [0.5, 0.6) is 0 Å². The number of hydrogen-bond donors (Lipinski definition) is 1. The van der Waals surface area contributed by atoms with Gasteiger partial charge in [-0.25, -0.2) is 0 Å². The van der Waals surface area contributed by atoms with Crippen molar-refractivity contribution in [3.8, 4) is 0 Å². The Morgan fingerprint density at radius 1 is 1.38 bits per heavy atom. The van der Waals surface area contributed by atoms with E-state index in [1.54, 1.807) is 0 Å². The molecule has 0 aliphatic heterocycles. The van der Waals surface area contributed by atoms with Gasteiger partial charge >= 0.3 is 0 Å². The number of carbonyl (C=O) groups is 1. The third-order valence-electron chi connectivity index (χ3n) is 4.97. The number of hydrogen-bond acceptors (Lipinski definition) is 1. The average Bonchev–Trinajstić information content (AvgIpc) is 2.02. The molecule has 0 aromatic carbocycles. The molecule has 3 saturated carbocycles. The molecule has 0 saturated heterocycles. The smallest absolute Gasteiger partial charge is 0.224 e. The summed E-state index contributed by atoms with van der Waals surface area (Å²) in [4.78, 5) is 11.6. The molecule has 0 radical (unpaired) electrons. The molecular formula is C11H19NO. The lowest BCUT2D eigenvalue weighted by atomic mass is 9.36. The van der Waals surface area contributed by atoms with Gasteiger partial charge in [-0.15, -0.1) is 0 Å². The van der Waals surface area contributed by atoms with Gasteiger partial charge in [-0.2, -0.15) is 0 Å². The number of carbonyl (C=O) groups excluding carboxylic acids is 1. The van der Waals surface area contributed by atoms with E-state index < -0.39 is 0 Å². The highest BCUT2D eigenvalue weighted by Gasteiger charge is 2.67. The minimum atomic E-state index is -0.185. The van der Waals surface area contributed by atoms with Gasteiger partial charge in [0.05, 0.1) is 5.41 Å². The zero-order chi connectivity index (χ0) is 9.85. The maximum Gasteiger partial charge on any atom is 0.224 e. The maximum absolute atomic E-state index is 11.6. The molecule has 0 aromatic heterocycles. The Morgan fingerprint density at radius 3 is 2.31 bits per heavy atom. The van der Waals surface area contributed by atoms with Crippen LogP contribution < -0.4 is 5.73 Å². The predicted molar refractivity (Wildman–Crippen MR) is 51.9 cm³/mol. The van der Waals surface area contributed by atoms with Gasteiger partial charge in [0, 0.05) is 0 Å². The summed E-state index contributed by atoms with van der Waals surface area (Å²) in [5.41, 5.74) is 5.53. The van der Waals surface area contributed by atoms with E-state index in [-0.39, 0.29) is 16.7 Å². The second-order valence-electron chi connectivity index (χ2n) is 5.44. The largest absolute Gasteiger partial charge is 0.369 e. The minimum Gasteiger partial charge on any atom is -0.369 e. The zero-order valence-electron chi connectivity index (χ0n) is 8.76. The van der Waals surface area contributed by atoms with Crippen molar-refractivity contribution in [3.63, 3.8) is 0 Å². The van der Waals surface area contributed by atoms with Gasteiger partial charge in [0.1, 0.15) is 0 Å². The van der Waals surface area contributed by atoms with E-state index in [2.05, 4.69) is 20.8 Å². The molecule has 2 bridgehead atoms. The number of fused-ring (bicyclic) bond motifs is 2. The molecule has 3 aliphatic rings. The molecule has 13 heavy (non-hydrogen) atoms. The fourth-order valence-corrected chi connectivity index (χ4v) is 3.80. The van der Waals surface area contributed by atoms with Crippen LogP contribution in [-0.2, 0) is 4.79 Å². The van der Waals surface area contributed by atoms with Crippen LogP contribution >= 0.6 is 0 Å². The van der Waals surface area contributed by atoms with E-state index in [1.807, 2.05) is 0 Å². The van der Waals surface area contributed by atoms with Gasteiger partial charge in [-0.3, -0.25) is 4.79 Å². The van der Waals surface area contributed by atoms with Crippen molar-refractivity contribution in [1.82, 2.24) is 0 Å². The van der Waals surface area contributed by atoms with Gasteiger partial charge in [0.25, 0.3) is 0 Å². The Labute approximate surface area is 79.9 Å². The molecule has 2 N–H and O–H groups in total. The van der Waals surface area contributed by atoms with E-state index >= 15 is 0 Å². The van der Waals surface area contributed by atoms with Crippen LogP contribution in [0, 0.1) is 22.7 Å². The molecule has 3 unspecified atom stereocenters. The van der Waals surface area contributed by atoms with E-state index in [1.165, 1.54) is 12.8 Å². The normalized spacial score (nSPS) is 46.7. The van der Waals surface area contributed by atoms with Crippen molar-refractivity contribution in [1.29, 1.82) is 0 Å². The Morgan fingerprint density at radius 2 is 2.00 bits per heavy atom. The molecule has 2 heteroatoms. The fraction of sp³-hybridized carbons (Fsp3) is 0.909. The van der Waals surface area contributed by atoms with Crippen molar-refractivity contribution < 1.29 is 4.79 Å². The maximum atomic E-state index is 11.6. The topological polar surface area (TPSA) is 43.1 Å². The third-order valence-corrected chi connectivity index (χ3v) is 4.97. The third kappa shape index (κ3) is 0.773. The summed E-state index contributed by atoms with van der Waals surface area (Å²) in [5.74, 6) is 1.14. The first-order valence-corrected chi connectivity index (χ1v) is 5.23. The van der Waals surface area contributed by atoms with Crippen LogP contribution in [0.3, 0.4) is 0 Å². The lowest BCUT2D eigenvalue weighted by molar-refractivity contribution is -0.198. The Kier molecular flexibility index (Phi) is 1.59. The number of rotatable bonds is 1. The number of nitrogens with two attached hydrogens (primary N) is 1. The lowest BCUT2D eigenvalue weighted by Crippen LogP contribution is -2.67. The second-order valence-corrected chi connectivity index (χ2v) is 5.44. The Balaban J connectivity index is 2.39. The first kappa shape index (κ1) is 9.04. The first-order chi connectivity index (χ1) is 5.93. The molecular weight excluding hydrogens is 162 g/mol. The molecule has 0 spiro atoms. The summed E-state index contributed by atoms with van der Waals surface area (Å²) in [7, 11) is 0. The van der Waals surface area contributed by atoms with Crippen LogP contribution in [0.25, 0.3) is 0 Å².